The number of carbonyl (C=O) groups is 1. The van der Waals surface area contributed by atoms with Crippen LogP contribution in [0, 0.1) is 5.92 Å². The first-order valence-electron chi connectivity index (χ1n) is 6.88. The van der Waals surface area contributed by atoms with E-state index in [1.807, 2.05) is 38.1 Å². The molecular weight excluding hydrogens is 238 g/mol. The fourth-order valence-corrected chi connectivity index (χ4v) is 2.17. The van der Waals surface area contributed by atoms with Crippen molar-refractivity contribution in [1.29, 1.82) is 0 Å². The maximum atomic E-state index is 12.1. The van der Waals surface area contributed by atoms with Gasteiger partial charge < -0.3 is 10.1 Å². The van der Waals surface area contributed by atoms with E-state index in [0.717, 1.165) is 30.7 Å². The van der Waals surface area contributed by atoms with E-state index >= 15 is 0 Å². The molecule has 0 heterocycles. The first-order chi connectivity index (χ1) is 9.15. The second kappa shape index (κ2) is 6.41. The van der Waals surface area contributed by atoms with E-state index in [1.54, 1.807) is 0 Å². The molecule has 19 heavy (non-hydrogen) atoms. The van der Waals surface area contributed by atoms with E-state index in [2.05, 4.69) is 17.5 Å². The highest BCUT2D eigenvalue weighted by atomic mass is 16.5. The summed E-state index contributed by atoms with van der Waals surface area (Å²) < 4.78 is 5.57. The van der Waals surface area contributed by atoms with Crippen LogP contribution in [-0.4, -0.2) is 12.0 Å². The van der Waals surface area contributed by atoms with Crippen LogP contribution in [0.3, 0.4) is 0 Å². The van der Waals surface area contributed by atoms with Crippen molar-refractivity contribution in [2.75, 3.05) is 5.32 Å². The van der Waals surface area contributed by atoms with Gasteiger partial charge in [-0.05, 0) is 57.4 Å². The molecule has 3 heteroatoms. The SMILES string of the molecule is CC(C)Oc1ccc(NC(=O)C2CC=CCC2)cc1. The number of benzene rings is 1. The van der Waals surface area contributed by atoms with Crippen LogP contribution in [0.4, 0.5) is 5.69 Å². The van der Waals surface area contributed by atoms with Gasteiger partial charge in [-0.1, -0.05) is 12.2 Å². The summed E-state index contributed by atoms with van der Waals surface area (Å²) in [5.41, 5.74) is 0.829. The van der Waals surface area contributed by atoms with Gasteiger partial charge in [0.05, 0.1) is 6.10 Å². The van der Waals surface area contributed by atoms with Crippen molar-refractivity contribution in [2.45, 2.75) is 39.2 Å². The molecule has 0 saturated heterocycles. The van der Waals surface area contributed by atoms with Gasteiger partial charge in [0, 0.05) is 11.6 Å². The molecule has 1 atom stereocenters. The van der Waals surface area contributed by atoms with E-state index in [1.165, 1.54) is 0 Å². The normalized spacial score (nSPS) is 18.4. The van der Waals surface area contributed by atoms with Crippen LogP contribution in [0.25, 0.3) is 0 Å². The zero-order chi connectivity index (χ0) is 13.7. The minimum absolute atomic E-state index is 0.108. The first-order valence-corrected chi connectivity index (χ1v) is 6.88. The molecule has 0 spiro atoms. The fourth-order valence-electron chi connectivity index (χ4n) is 2.17. The molecule has 2 rings (SSSR count). The number of anilines is 1. The number of nitrogens with one attached hydrogen (secondary N) is 1. The monoisotopic (exact) mass is 259 g/mol. The Bertz CT molecular complexity index is 448. The molecule has 102 valence electrons. The van der Waals surface area contributed by atoms with Crippen LogP contribution in [0.5, 0.6) is 5.75 Å². The van der Waals surface area contributed by atoms with E-state index < -0.39 is 0 Å². The first kappa shape index (κ1) is 13.7. The number of ether oxygens (including phenoxy) is 1. The maximum absolute atomic E-state index is 12.1. The summed E-state index contributed by atoms with van der Waals surface area (Å²) in [4.78, 5) is 12.1. The number of hydrogen-bond acceptors (Lipinski definition) is 2. The summed E-state index contributed by atoms with van der Waals surface area (Å²) in [6, 6.07) is 7.54. The van der Waals surface area contributed by atoms with Crippen LogP contribution in [0.15, 0.2) is 36.4 Å². The minimum Gasteiger partial charge on any atom is -0.491 e. The standard InChI is InChI=1S/C16H21NO2/c1-12(2)19-15-10-8-14(9-11-15)17-16(18)13-6-4-3-5-7-13/h3-4,8-13H,5-7H2,1-2H3,(H,17,18). The predicted molar refractivity (Wildman–Crippen MR) is 77.3 cm³/mol. The number of allylic oxidation sites excluding steroid dienone is 2. The van der Waals surface area contributed by atoms with Crippen LogP contribution in [-0.2, 0) is 4.79 Å². The maximum Gasteiger partial charge on any atom is 0.227 e. The predicted octanol–water partition coefficient (Wildman–Crippen LogP) is 3.77. The average Bonchev–Trinajstić information content (AvgIpc) is 2.41. The Morgan fingerprint density at radius 2 is 2.00 bits per heavy atom. The van der Waals surface area contributed by atoms with E-state index in [4.69, 9.17) is 4.74 Å². The Morgan fingerprint density at radius 3 is 2.58 bits per heavy atom. The van der Waals surface area contributed by atoms with Gasteiger partial charge in [-0.15, -0.1) is 0 Å². The van der Waals surface area contributed by atoms with Gasteiger partial charge in [-0.2, -0.15) is 0 Å². The van der Waals surface area contributed by atoms with E-state index in [-0.39, 0.29) is 17.9 Å². The Morgan fingerprint density at radius 1 is 1.26 bits per heavy atom. The molecular formula is C16H21NO2. The van der Waals surface area contributed by atoms with Crippen molar-refractivity contribution in [3.05, 3.63) is 36.4 Å². The lowest BCUT2D eigenvalue weighted by Crippen LogP contribution is -2.23. The van der Waals surface area contributed by atoms with Crippen molar-refractivity contribution in [3.8, 4) is 5.75 Å². The smallest absolute Gasteiger partial charge is 0.227 e. The Kier molecular flexibility index (Phi) is 4.61. The molecule has 0 radical (unpaired) electrons. The Labute approximate surface area is 114 Å². The number of carbonyl (C=O) groups excluding carboxylic acids is 1. The summed E-state index contributed by atoms with van der Waals surface area (Å²) in [5.74, 6) is 1.05. The molecule has 1 aliphatic rings. The number of amides is 1. The second-order valence-electron chi connectivity index (χ2n) is 5.16. The second-order valence-corrected chi connectivity index (χ2v) is 5.16. The lowest BCUT2D eigenvalue weighted by molar-refractivity contribution is -0.120. The molecule has 1 N–H and O–H groups in total. The molecule has 1 amide bonds. The van der Waals surface area contributed by atoms with Crippen LogP contribution < -0.4 is 10.1 Å². The summed E-state index contributed by atoms with van der Waals surface area (Å²) >= 11 is 0. The molecule has 0 bridgehead atoms. The molecule has 0 aliphatic heterocycles. The zero-order valence-corrected chi connectivity index (χ0v) is 11.6. The summed E-state index contributed by atoms with van der Waals surface area (Å²) in [6.45, 7) is 3.98. The zero-order valence-electron chi connectivity index (χ0n) is 11.6. The molecule has 0 fully saturated rings. The highest BCUT2D eigenvalue weighted by Gasteiger charge is 2.18. The van der Waals surface area contributed by atoms with Gasteiger partial charge in [0.25, 0.3) is 0 Å². The largest absolute Gasteiger partial charge is 0.491 e. The van der Waals surface area contributed by atoms with Gasteiger partial charge >= 0.3 is 0 Å². The summed E-state index contributed by atoms with van der Waals surface area (Å²) in [6.07, 6.45) is 7.18. The van der Waals surface area contributed by atoms with Crippen molar-refractivity contribution >= 4 is 11.6 Å². The third-order valence-electron chi connectivity index (χ3n) is 3.13. The highest BCUT2D eigenvalue weighted by molar-refractivity contribution is 5.92. The van der Waals surface area contributed by atoms with Crippen molar-refractivity contribution in [1.82, 2.24) is 0 Å². The lowest BCUT2D eigenvalue weighted by atomic mass is 9.93. The third-order valence-corrected chi connectivity index (χ3v) is 3.13. The quantitative estimate of drug-likeness (QED) is 0.836. The number of hydrogen-bond donors (Lipinski definition) is 1. The van der Waals surface area contributed by atoms with Crippen LogP contribution in [0.2, 0.25) is 0 Å². The average molecular weight is 259 g/mol. The lowest BCUT2D eigenvalue weighted by Gasteiger charge is -2.17. The summed E-state index contributed by atoms with van der Waals surface area (Å²) in [5, 5.41) is 2.96. The molecule has 1 aromatic carbocycles. The van der Waals surface area contributed by atoms with Crippen LogP contribution in [0.1, 0.15) is 33.1 Å². The molecule has 1 aliphatic carbocycles. The molecule has 0 aromatic heterocycles. The fraction of sp³-hybridized carbons (Fsp3) is 0.438. The number of rotatable bonds is 4. The Hall–Kier alpha value is -1.77. The molecule has 1 unspecified atom stereocenters. The molecule has 0 saturated carbocycles. The van der Waals surface area contributed by atoms with Gasteiger partial charge in [-0.3, -0.25) is 4.79 Å². The van der Waals surface area contributed by atoms with Gasteiger partial charge in [0.1, 0.15) is 5.75 Å². The Balaban J connectivity index is 1.91. The molecule has 3 nitrogen and oxygen atoms in total. The van der Waals surface area contributed by atoms with Gasteiger partial charge in [-0.25, -0.2) is 0 Å². The van der Waals surface area contributed by atoms with Crippen molar-refractivity contribution in [3.63, 3.8) is 0 Å². The molecule has 1 aromatic rings. The topological polar surface area (TPSA) is 38.3 Å². The highest BCUT2D eigenvalue weighted by Crippen LogP contribution is 2.21. The van der Waals surface area contributed by atoms with E-state index in [9.17, 15) is 4.79 Å². The van der Waals surface area contributed by atoms with Gasteiger partial charge in [0.2, 0.25) is 5.91 Å². The third kappa shape index (κ3) is 4.12. The summed E-state index contributed by atoms with van der Waals surface area (Å²) in [7, 11) is 0. The van der Waals surface area contributed by atoms with E-state index in [0.29, 0.717) is 0 Å². The van der Waals surface area contributed by atoms with Gasteiger partial charge in [0.15, 0.2) is 0 Å². The van der Waals surface area contributed by atoms with Crippen LogP contribution >= 0.6 is 0 Å². The minimum atomic E-state index is 0.108. The van der Waals surface area contributed by atoms with Crippen molar-refractivity contribution < 1.29 is 9.53 Å². The van der Waals surface area contributed by atoms with Crippen molar-refractivity contribution in [2.24, 2.45) is 5.92 Å².